The molecule has 1 fully saturated rings. The lowest BCUT2D eigenvalue weighted by atomic mass is 10.1. The minimum absolute atomic E-state index is 0.132. The minimum Gasteiger partial charge on any atom is -0.369 e. The molecule has 26 heavy (non-hydrogen) atoms. The third kappa shape index (κ3) is 3.18. The van der Waals surface area contributed by atoms with Crippen LogP contribution in [-0.2, 0) is 24.6 Å². The Labute approximate surface area is 149 Å². The fourth-order valence-corrected chi connectivity index (χ4v) is 7.10. The van der Waals surface area contributed by atoms with E-state index in [2.05, 4.69) is 4.98 Å². The molecule has 4 atom stereocenters. The molecule has 0 radical (unpaired) electrons. The van der Waals surface area contributed by atoms with Crippen molar-refractivity contribution in [3.05, 3.63) is 65.2 Å². The van der Waals surface area contributed by atoms with E-state index in [1.165, 1.54) is 18.5 Å². The summed E-state index contributed by atoms with van der Waals surface area (Å²) in [6.07, 6.45) is 0.718. The average molecular weight is 401 g/mol. The topological polar surface area (TPSA) is 106 Å². The number of hydrogen-bond acceptors (Lipinski definition) is 6. The molecule has 4 unspecified atom stereocenters. The highest BCUT2D eigenvalue weighted by Crippen LogP contribution is 2.79. The lowest BCUT2D eigenvalue weighted by molar-refractivity contribution is -0.0461. The Balaban J connectivity index is 2.03. The monoisotopic (exact) mass is 401 g/mol. The molecule has 7 nitrogen and oxygen atoms in total. The molecule has 1 saturated heterocycles. The first kappa shape index (κ1) is 19.4. The van der Waals surface area contributed by atoms with E-state index >= 15 is 0 Å². The molecule has 2 aromatic rings. The van der Waals surface area contributed by atoms with Crippen LogP contribution in [0.1, 0.15) is 23.0 Å². The number of nitrogens with zero attached hydrogens (tertiary/aromatic N) is 1. The number of aromatic nitrogens is 1. The number of aliphatic hydroxyl groups is 1. The van der Waals surface area contributed by atoms with Crippen LogP contribution >= 0.6 is 15.0 Å². The van der Waals surface area contributed by atoms with Crippen molar-refractivity contribution in [1.29, 1.82) is 0 Å². The Morgan fingerprint density at radius 2 is 2.00 bits per heavy atom. The van der Waals surface area contributed by atoms with E-state index in [1.54, 1.807) is 25.1 Å². The summed E-state index contributed by atoms with van der Waals surface area (Å²) in [6, 6.07) is 7.27. The van der Waals surface area contributed by atoms with E-state index in [0.29, 0.717) is 11.1 Å². The van der Waals surface area contributed by atoms with E-state index in [1.807, 2.05) is 0 Å². The molecule has 1 aliphatic rings. The van der Waals surface area contributed by atoms with Crippen LogP contribution in [0.2, 0.25) is 0 Å². The van der Waals surface area contributed by atoms with Crippen molar-refractivity contribution >= 4 is 15.0 Å². The van der Waals surface area contributed by atoms with E-state index in [9.17, 15) is 23.5 Å². The number of rotatable bonds is 3. The van der Waals surface area contributed by atoms with Gasteiger partial charge in [0.25, 0.3) is 0 Å². The molecule has 140 valence electrons. The lowest BCUT2D eigenvalue weighted by Gasteiger charge is -2.43. The van der Waals surface area contributed by atoms with Crippen LogP contribution in [0.25, 0.3) is 0 Å². The minimum atomic E-state index is -4.88. The van der Waals surface area contributed by atoms with Crippen molar-refractivity contribution in [3.63, 3.8) is 0 Å². The van der Waals surface area contributed by atoms with Crippen LogP contribution in [0.5, 0.6) is 0 Å². The zero-order valence-corrected chi connectivity index (χ0v) is 15.9. The highest BCUT2D eigenvalue weighted by Gasteiger charge is 2.65. The van der Waals surface area contributed by atoms with Crippen molar-refractivity contribution < 1.29 is 32.6 Å². The molecule has 1 aliphatic heterocycles. The van der Waals surface area contributed by atoms with Gasteiger partial charge in [0, 0.05) is 31.0 Å². The van der Waals surface area contributed by atoms with Gasteiger partial charge in [-0.15, -0.1) is 0 Å². The summed E-state index contributed by atoms with van der Waals surface area (Å²) in [5, 5.41) is 8.17. The van der Waals surface area contributed by atoms with Crippen molar-refractivity contribution in [2.75, 3.05) is 6.66 Å². The molecule has 3 rings (SSSR count). The van der Waals surface area contributed by atoms with Gasteiger partial charge in [0.05, 0.1) is 0 Å². The summed E-state index contributed by atoms with van der Waals surface area (Å²) >= 11 is 0. The fourth-order valence-electron chi connectivity index (χ4n) is 2.80. The smallest absolute Gasteiger partial charge is 0.369 e. The van der Waals surface area contributed by atoms with E-state index in [0.717, 1.165) is 12.7 Å². The molecule has 2 N–H and O–H groups in total. The van der Waals surface area contributed by atoms with Gasteiger partial charge in [-0.25, -0.2) is 4.39 Å². The summed E-state index contributed by atoms with van der Waals surface area (Å²) in [7, 11) is -9.02. The summed E-state index contributed by atoms with van der Waals surface area (Å²) in [5.74, 6) is -0.729. The molecule has 1 aromatic heterocycles. The van der Waals surface area contributed by atoms with Crippen LogP contribution < -0.4 is 0 Å². The van der Waals surface area contributed by atoms with Crippen LogP contribution in [0, 0.1) is 12.7 Å². The van der Waals surface area contributed by atoms with Crippen LogP contribution in [0.15, 0.2) is 42.7 Å². The van der Waals surface area contributed by atoms with E-state index < -0.39 is 38.6 Å². The first-order valence-corrected chi connectivity index (χ1v) is 11.4. The van der Waals surface area contributed by atoms with Gasteiger partial charge >= 0.3 is 7.60 Å². The van der Waals surface area contributed by atoms with Gasteiger partial charge in [0.2, 0.25) is 18.7 Å². The first-order chi connectivity index (χ1) is 12.1. The highest BCUT2D eigenvalue weighted by molar-refractivity contribution is 7.75. The van der Waals surface area contributed by atoms with Crippen molar-refractivity contribution in [2.24, 2.45) is 0 Å². The second-order valence-corrected chi connectivity index (χ2v) is 11.2. The molecule has 0 aliphatic carbocycles. The number of halogens is 1. The zero-order valence-electron chi connectivity index (χ0n) is 14.1. The summed E-state index contributed by atoms with van der Waals surface area (Å²) in [6.45, 7) is 2.60. The third-order valence-corrected chi connectivity index (χ3v) is 9.75. The molecular formula is C16H18FNO6P2. The molecule has 0 bridgehead atoms. The predicted molar refractivity (Wildman–Crippen MR) is 92.3 cm³/mol. The second kappa shape index (κ2) is 6.64. The van der Waals surface area contributed by atoms with Gasteiger partial charge in [-0.3, -0.25) is 23.2 Å². The van der Waals surface area contributed by atoms with E-state index in [-0.39, 0.29) is 5.56 Å². The molecule has 0 saturated carbocycles. The van der Waals surface area contributed by atoms with Gasteiger partial charge < -0.3 is 10.00 Å². The van der Waals surface area contributed by atoms with Gasteiger partial charge in [-0.1, -0.05) is 18.2 Å². The maximum absolute atomic E-state index is 14.2. The molecule has 10 heteroatoms. The molecular weight excluding hydrogens is 383 g/mol. The summed E-state index contributed by atoms with van der Waals surface area (Å²) in [4.78, 5) is 14.3. The zero-order chi connectivity index (χ0) is 19.2. The highest BCUT2D eigenvalue weighted by atomic mass is 31.2. The normalized spacial score (nSPS) is 34.6. The maximum atomic E-state index is 14.2. The van der Waals surface area contributed by atoms with Gasteiger partial charge in [-0.05, 0) is 30.2 Å². The third-order valence-electron chi connectivity index (χ3n) is 4.31. The largest absolute Gasteiger partial charge is 0.372 e. The summed E-state index contributed by atoms with van der Waals surface area (Å²) < 4.78 is 50.5. The molecule has 1 aromatic carbocycles. The van der Waals surface area contributed by atoms with Gasteiger partial charge in [0.1, 0.15) is 5.82 Å². The van der Waals surface area contributed by atoms with Gasteiger partial charge in [-0.2, -0.15) is 0 Å². The molecule has 0 spiro atoms. The predicted octanol–water partition coefficient (Wildman–Crippen LogP) is 3.56. The quantitative estimate of drug-likeness (QED) is 0.758. The standard InChI is InChI=1S/C16H18FNO6P2/c1-11-5-3-7-13(17)14(11)15-23-25(2,20)16(19,26(21,22)24-15)9-12-6-4-8-18-10-12/h3-8,10,15,19H,9H2,1-2H3,(H,21,22). The Morgan fingerprint density at radius 3 is 2.58 bits per heavy atom. The Bertz CT molecular complexity index is 876. The Kier molecular flexibility index (Phi) is 4.95. The van der Waals surface area contributed by atoms with Crippen molar-refractivity contribution in [3.8, 4) is 0 Å². The fraction of sp³-hybridized carbons (Fsp3) is 0.312. The SMILES string of the molecule is Cc1cccc(F)c1C1OP(C)(=O)C(O)(Cc2cccnc2)P(=O)(O)O1. The van der Waals surface area contributed by atoms with E-state index in [4.69, 9.17) is 9.05 Å². The van der Waals surface area contributed by atoms with Crippen LogP contribution in [0.4, 0.5) is 4.39 Å². The van der Waals surface area contributed by atoms with Crippen LogP contribution in [0.3, 0.4) is 0 Å². The number of hydrogen-bond donors (Lipinski definition) is 2. The number of benzene rings is 1. The maximum Gasteiger partial charge on any atom is 0.372 e. The first-order valence-electron chi connectivity index (χ1n) is 7.71. The van der Waals surface area contributed by atoms with Crippen molar-refractivity contribution in [1.82, 2.24) is 4.98 Å². The average Bonchev–Trinajstić information content (AvgIpc) is 2.53. The molecule has 0 amide bonds. The van der Waals surface area contributed by atoms with Gasteiger partial charge in [0.15, 0.2) is 0 Å². The number of pyridine rings is 1. The number of aryl methyl sites for hydroxylation is 1. The Hall–Kier alpha value is -1.40. The second-order valence-electron chi connectivity index (χ2n) is 6.19. The Morgan fingerprint density at radius 1 is 1.27 bits per heavy atom. The summed E-state index contributed by atoms with van der Waals surface area (Å²) in [5.41, 5.74) is 0.638. The lowest BCUT2D eigenvalue weighted by Crippen LogP contribution is -2.38. The van der Waals surface area contributed by atoms with Crippen molar-refractivity contribution in [2.45, 2.75) is 24.7 Å². The van der Waals surface area contributed by atoms with Crippen LogP contribution in [-0.4, -0.2) is 26.7 Å². The molecule has 2 heterocycles.